The first kappa shape index (κ1) is 6.14. The number of rotatable bonds is 0. The number of aliphatic hydroxyl groups is 1. The van der Waals surface area contributed by atoms with E-state index in [1.807, 2.05) is 6.08 Å². The topological polar surface area (TPSA) is 20.2 Å². The molecule has 1 aliphatic carbocycles. The SMILES string of the molecule is OC1=CCCC(Br)C1. The molecule has 0 aromatic carbocycles. The summed E-state index contributed by atoms with van der Waals surface area (Å²) in [6, 6.07) is 0. The first-order valence-electron chi connectivity index (χ1n) is 2.81. The van der Waals surface area contributed by atoms with Crippen LogP contribution >= 0.6 is 15.9 Å². The molecule has 0 radical (unpaired) electrons. The summed E-state index contributed by atoms with van der Waals surface area (Å²) >= 11 is 3.43. The van der Waals surface area contributed by atoms with Crippen LogP contribution in [0.1, 0.15) is 19.3 Å². The minimum atomic E-state index is 0.507. The third-order valence-corrected chi connectivity index (χ3v) is 2.07. The van der Waals surface area contributed by atoms with Crippen LogP contribution in [-0.4, -0.2) is 9.93 Å². The van der Waals surface area contributed by atoms with E-state index in [-0.39, 0.29) is 0 Å². The second-order valence-electron chi connectivity index (χ2n) is 2.07. The van der Waals surface area contributed by atoms with E-state index in [0.29, 0.717) is 10.6 Å². The molecule has 0 aromatic heterocycles. The van der Waals surface area contributed by atoms with Gasteiger partial charge >= 0.3 is 0 Å². The number of halogens is 1. The van der Waals surface area contributed by atoms with Crippen LogP contribution in [0.4, 0.5) is 0 Å². The van der Waals surface area contributed by atoms with Crippen molar-refractivity contribution in [2.24, 2.45) is 0 Å². The Labute approximate surface area is 57.5 Å². The van der Waals surface area contributed by atoms with Crippen LogP contribution in [0.3, 0.4) is 0 Å². The highest BCUT2D eigenvalue weighted by atomic mass is 79.9. The van der Waals surface area contributed by atoms with Crippen molar-refractivity contribution in [2.75, 3.05) is 0 Å². The molecule has 0 saturated heterocycles. The van der Waals surface area contributed by atoms with Crippen LogP contribution < -0.4 is 0 Å². The molecule has 0 aliphatic heterocycles. The van der Waals surface area contributed by atoms with Gasteiger partial charge in [-0.3, -0.25) is 0 Å². The van der Waals surface area contributed by atoms with Gasteiger partial charge in [0.05, 0.1) is 5.76 Å². The minimum Gasteiger partial charge on any atom is -0.513 e. The highest BCUT2D eigenvalue weighted by Gasteiger charge is 2.09. The Bertz CT molecular complexity index is 109. The van der Waals surface area contributed by atoms with E-state index >= 15 is 0 Å². The molecular formula is C6H9BrO. The van der Waals surface area contributed by atoms with Crippen molar-refractivity contribution in [3.05, 3.63) is 11.8 Å². The fourth-order valence-corrected chi connectivity index (χ4v) is 1.44. The van der Waals surface area contributed by atoms with E-state index in [1.165, 1.54) is 0 Å². The summed E-state index contributed by atoms with van der Waals surface area (Å²) in [4.78, 5) is 0.507. The van der Waals surface area contributed by atoms with E-state index in [2.05, 4.69) is 15.9 Å². The van der Waals surface area contributed by atoms with Crippen LogP contribution in [0, 0.1) is 0 Å². The Morgan fingerprint density at radius 3 is 2.88 bits per heavy atom. The molecule has 1 aliphatic rings. The third kappa shape index (κ3) is 1.51. The van der Waals surface area contributed by atoms with Crippen LogP contribution in [0.15, 0.2) is 11.8 Å². The summed E-state index contributed by atoms with van der Waals surface area (Å²) in [6.45, 7) is 0. The molecule has 2 heteroatoms. The quantitative estimate of drug-likeness (QED) is 0.563. The monoisotopic (exact) mass is 176 g/mol. The van der Waals surface area contributed by atoms with Crippen molar-refractivity contribution in [3.63, 3.8) is 0 Å². The lowest BCUT2D eigenvalue weighted by Crippen LogP contribution is -2.03. The Balaban J connectivity index is 2.45. The lowest BCUT2D eigenvalue weighted by molar-refractivity contribution is 0.372. The summed E-state index contributed by atoms with van der Waals surface area (Å²) in [5.41, 5.74) is 0. The van der Waals surface area contributed by atoms with Gasteiger partial charge in [-0.15, -0.1) is 0 Å². The summed E-state index contributed by atoms with van der Waals surface area (Å²) in [7, 11) is 0. The average Bonchev–Trinajstić information content (AvgIpc) is 1.64. The van der Waals surface area contributed by atoms with Gasteiger partial charge in [-0.1, -0.05) is 15.9 Å². The fourth-order valence-electron chi connectivity index (χ4n) is 0.843. The van der Waals surface area contributed by atoms with E-state index in [9.17, 15) is 0 Å². The van der Waals surface area contributed by atoms with Crippen molar-refractivity contribution in [2.45, 2.75) is 24.1 Å². The van der Waals surface area contributed by atoms with E-state index in [4.69, 9.17) is 5.11 Å². The van der Waals surface area contributed by atoms with Gasteiger partial charge in [0.2, 0.25) is 0 Å². The van der Waals surface area contributed by atoms with Gasteiger partial charge < -0.3 is 5.11 Å². The van der Waals surface area contributed by atoms with Crippen LogP contribution in [-0.2, 0) is 0 Å². The molecular weight excluding hydrogens is 168 g/mol. The van der Waals surface area contributed by atoms with E-state index in [1.54, 1.807) is 0 Å². The molecule has 0 fully saturated rings. The molecule has 0 saturated carbocycles. The van der Waals surface area contributed by atoms with Crippen LogP contribution in [0.5, 0.6) is 0 Å². The molecule has 0 bridgehead atoms. The number of aliphatic hydroxyl groups excluding tert-OH is 1. The predicted octanol–water partition coefficient (Wildman–Crippen LogP) is 2.38. The second kappa shape index (κ2) is 2.53. The normalized spacial score (nSPS) is 29.6. The highest BCUT2D eigenvalue weighted by Crippen LogP contribution is 2.21. The summed E-state index contributed by atoms with van der Waals surface area (Å²) < 4.78 is 0. The Morgan fingerprint density at radius 2 is 2.50 bits per heavy atom. The zero-order valence-electron chi connectivity index (χ0n) is 4.60. The first-order valence-corrected chi connectivity index (χ1v) is 3.72. The van der Waals surface area contributed by atoms with Gasteiger partial charge in [-0.25, -0.2) is 0 Å². The van der Waals surface area contributed by atoms with Gasteiger partial charge in [0, 0.05) is 11.2 Å². The Kier molecular flexibility index (Phi) is 1.95. The lowest BCUT2D eigenvalue weighted by Gasteiger charge is -2.12. The van der Waals surface area contributed by atoms with Gasteiger partial charge in [-0.2, -0.15) is 0 Å². The number of hydrogen-bond donors (Lipinski definition) is 1. The molecule has 0 aromatic rings. The molecule has 1 unspecified atom stereocenters. The van der Waals surface area contributed by atoms with Gasteiger partial charge in [0.25, 0.3) is 0 Å². The minimum absolute atomic E-state index is 0.507. The maximum atomic E-state index is 8.91. The number of hydrogen-bond acceptors (Lipinski definition) is 1. The predicted molar refractivity (Wildman–Crippen MR) is 37.3 cm³/mol. The number of allylic oxidation sites excluding steroid dienone is 2. The smallest absolute Gasteiger partial charge is 0.0894 e. The summed E-state index contributed by atoms with van der Waals surface area (Å²) in [6.07, 6.45) is 4.86. The number of alkyl halides is 1. The van der Waals surface area contributed by atoms with Gasteiger partial charge in [0.15, 0.2) is 0 Å². The highest BCUT2D eigenvalue weighted by molar-refractivity contribution is 9.09. The first-order chi connectivity index (χ1) is 3.79. The van der Waals surface area contributed by atoms with Crippen LogP contribution in [0.2, 0.25) is 0 Å². The summed E-state index contributed by atoms with van der Waals surface area (Å²) in [5.74, 6) is 0.540. The largest absolute Gasteiger partial charge is 0.513 e. The molecule has 0 heterocycles. The zero-order chi connectivity index (χ0) is 5.98. The molecule has 46 valence electrons. The Hall–Kier alpha value is 0.0200. The molecule has 1 atom stereocenters. The average molecular weight is 177 g/mol. The maximum absolute atomic E-state index is 8.91. The molecule has 0 spiro atoms. The lowest BCUT2D eigenvalue weighted by atomic mass is 10.1. The van der Waals surface area contributed by atoms with Crippen molar-refractivity contribution in [3.8, 4) is 0 Å². The summed E-state index contributed by atoms with van der Waals surface area (Å²) in [5, 5.41) is 8.91. The van der Waals surface area contributed by atoms with E-state index < -0.39 is 0 Å². The third-order valence-electron chi connectivity index (χ3n) is 1.29. The van der Waals surface area contributed by atoms with Crippen molar-refractivity contribution in [1.82, 2.24) is 0 Å². The Morgan fingerprint density at radius 1 is 1.75 bits per heavy atom. The molecule has 8 heavy (non-hydrogen) atoms. The van der Waals surface area contributed by atoms with Gasteiger partial charge in [-0.05, 0) is 18.9 Å². The molecule has 0 amide bonds. The van der Waals surface area contributed by atoms with Crippen LogP contribution in [0.25, 0.3) is 0 Å². The zero-order valence-corrected chi connectivity index (χ0v) is 6.19. The second-order valence-corrected chi connectivity index (χ2v) is 3.37. The standard InChI is InChI=1S/C6H9BrO/c7-5-2-1-3-6(8)4-5/h3,5,8H,1-2,4H2. The molecule has 1 nitrogen and oxygen atoms in total. The fraction of sp³-hybridized carbons (Fsp3) is 0.667. The van der Waals surface area contributed by atoms with Crippen molar-refractivity contribution < 1.29 is 5.11 Å². The van der Waals surface area contributed by atoms with Crippen molar-refractivity contribution in [1.29, 1.82) is 0 Å². The maximum Gasteiger partial charge on any atom is 0.0894 e. The van der Waals surface area contributed by atoms with Gasteiger partial charge in [0.1, 0.15) is 0 Å². The van der Waals surface area contributed by atoms with Crippen molar-refractivity contribution >= 4 is 15.9 Å². The van der Waals surface area contributed by atoms with E-state index in [0.717, 1.165) is 19.3 Å². The molecule has 1 rings (SSSR count). The molecule has 1 N–H and O–H groups in total.